The Kier molecular flexibility index (Phi) is 3.56. The van der Waals surface area contributed by atoms with Gasteiger partial charge in [0, 0.05) is 35.6 Å². The van der Waals surface area contributed by atoms with Gasteiger partial charge in [-0.1, -0.05) is 12.8 Å². The van der Waals surface area contributed by atoms with E-state index in [0.29, 0.717) is 17.3 Å². The molecule has 0 radical (unpaired) electrons. The first-order valence-electron chi connectivity index (χ1n) is 9.07. The molecule has 1 aliphatic carbocycles. The minimum atomic E-state index is -0.537. The summed E-state index contributed by atoms with van der Waals surface area (Å²) in [5.41, 5.74) is 8.87. The second-order valence-electron chi connectivity index (χ2n) is 6.95. The van der Waals surface area contributed by atoms with E-state index in [1.54, 1.807) is 10.7 Å². The van der Waals surface area contributed by atoms with Gasteiger partial charge in [-0.15, -0.1) is 0 Å². The Morgan fingerprint density at radius 1 is 1.30 bits per heavy atom. The molecule has 5 rings (SSSR count). The number of fused-ring (bicyclic) bond motifs is 2. The smallest absolute Gasteiger partial charge is 0.254 e. The van der Waals surface area contributed by atoms with Crippen molar-refractivity contribution >= 4 is 28.4 Å². The van der Waals surface area contributed by atoms with Crippen molar-refractivity contribution in [1.29, 1.82) is 0 Å². The number of hydrogen-bond acceptors (Lipinski definition) is 5. The molecule has 4 N–H and O–H groups in total. The number of aromatic nitrogens is 5. The topological polar surface area (TPSA) is 114 Å². The lowest BCUT2D eigenvalue weighted by Crippen LogP contribution is -2.15. The van der Waals surface area contributed by atoms with Crippen LogP contribution < -0.4 is 11.1 Å². The third-order valence-corrected chi connectivity index (χ3v) is 5.17. The average Bonchev–Trinajstić information content (AvgIpc) is 3.40. The first kappa shape index (κ1) is 15.8. The van der Waals surface area contributed by atoms with E-state index in [9.17, 15) is 4.79 Å². The molecule has 4 aromatic rings. The summed E-state index contributed by atoms with van der Waals surface area (Å²) in [4.78, 5) is 23.8. The normalized spacial score (nSPS) is 15.0. The molecule has 1 amide bonds. The van der Waals surface area contributed by atoms with E-state index >= 15 is 0 Å². The maximum Gasteiger partial charge on any atom is 0.254 e. The molecule has 1 fully saturated rings. The predicted molar refractivity (Wildman–Crippen MR) is 102 cm³/mol. The monoisotopic (exact) mass is 361 g/mol. The van der Waals surface area contributed by atoms with Gasteiger partial charge in [-0.2, -0.15) is 5.10 Å². The highest BCUT2D eigenvalue weighted by Gasteiger charge is 2.17. The fourth-order valence-electron chi connectivity index (χ4n) is 3.82. The van der Waals surface area contributed by atoms with Crippen LogP contribution in [0.2, 0.25) is 0 Å². The van der Waals surface area contributed by atoms with Crippen LogP contribution in [-0.4, -0.2) is 36.5 Å². The van der Waals surface area contributed by atoms with E-state index < -0.39 is 5.91 Å². The average molecular weight is 361 g/mol. The molecule has 1 saturated carbocycles. The van der Waals surface area contributed by atoms with E-state index in [4.69, 9.17) is 10.7 Å². The number of anilines is 1. The van der Waals surface area contributed by atoms with E-state index in [-0.39, 0.29) is 0 Å². The Bertz CT molecular complexity index is 1150. The highest BCUT2D eigenvalue weighted by molar-refractivity contribution is 5.99. The van der Waals surface area contributed by atoms with Crippen molar-refractivity contribution in [2.24, 2.45) is 5.73 Å². The fourth-order valence-corrected chi connectivity index (χ4v) is 3.82. The molecule has 8 heteroatoms. The maximum atomic E-state index is 11.5. The molecule has 0 unspecified atom stereocenters. The van der Waals surface area contributed by atoms with Crippen molar-refractivity contribution < 1.29 is 4.79 Å². The molecule has 0 spiro atoms. The molecule has 0 saturated heterocycles. The van der Waals surface area contributed by atoms with Crippen LogP contribution in [0.3, 0.4) is 0 Å². The Morgan fingerprint density at radius 3 is 2.96 bits per heavy atom. The van der Waals surface area contributed by atoms with Gasteiger partial charge in [0.25, 0.3) is 5.91 Å². The van der Waals surface area contributed by atoms with Crippen LogP contribution in [0.5, 0.6) is 0 Å². The van der Waals surface area contributed by atoms with Gasteiger partial charge in [0.2, 0.25) is 0 Å². The summed E-state index contributed by atoms with van der Waals surface area (Å²) < 4.78 is 1.58. The van der Waals surface area contributed by atoms with Crippen molar-refractivity contribution in [2.45, 2.75) is 31.7 Å². The molecular formula is C19H19N7O. The molecule has 136 valence electrons. The van der Waals surface area contributed by atoms with Gasteiger partial charge in [0.05, 0.1) is 6.20 Å². The third kappa shape index (κ3) is 2.69. The van der Waals surface area contributed by atoms with Crippen molar-refractivity contribution in [3.8, 4) is 11.1 Å². The number of nitrogens with zero attached hydrogens (tertiary/aromatic N) is 4. The van der Waals surface area contributed by atoms with Crippen molar-refractivity contribution in [2.75, 3.05) is 5.32 Å². The molecule has 4 heterocycles. The molecule has 0 aliphatic heterocycles. The van der Waals surface area contributed by atoms with Crippen LogP contribution in [0.4, 0.5) is 5.82 Å². The molecule has 0 aromatic carbocycles. The lowest BCUT2D eigenvalue weighted by Gasteiger charge is -2.14. The number of aromatic amines is 1. The Labute approximate surface area is 154 Å². The predicted octanol–water partition coefficient (Wildman–Crippen LogP) is 2.73. The third-order valence-electron chi connectivity index (χ3n) is 5.17. The van der Waals surface area contributed by atoms with Crippen LogP contribution >= 0.6 is 0 Å². The van der Waals surface area contributed by atoms with Crippen LogP contribution in [0.25, 0.3) is 27.8 Å². The zero-order valence-corrected chi connectivity index (χ0v) is 14.6. The number of carbonyl (C=O) groups is 1. The van der Waals surface area contributed by atoms with Crippen molar-refractivity contribution in [1.82, 2.24) is 24.6 Å². The molecule has 4 aromatic heterocycles. The zero-order valence-electron chi connectivity index (χ0n) is 14.6. The van der Waals surface area contributed by atoms with Gasteiger partial charge in [-0.3, -0.25) is 4.79 Å². The first-order chi connectivity index (χ1) is 13.2. The molecule has 8 nitrogen and oxygen atoms in total. The van der Waals surface area contributed by atoms with Gasteiger partial charge in [-0.05, 0) is 30.5 Å². The SMILES string of the molecule is NC(=O)c1cnn2cc(-c3cc(NC4CCCC4)nc4[nH]ccc34)cnc12. The summed E-state index contributed by atoms with van der Waals surface area (Å²) in [6.45, 7) is 0. The number of nitrogens with one attached hydrogen (secondary N) is 2. The fraction of sp³-hybridized carbons (Fsp3) is 0.263. The summed E-state index contributed by atoms with van der Waals surface area (Å²) in [6, 6.07) is 4.53. The van der Waals surface area contributed by atoms with Gasteiger partial charge in [0.15, 0.2) is 5.65 Å². The van der Waals surface area contributed by atoms with E-state index in [2.05, 4.69) is 26.4 Å². The number of hydrogen-bond donors (Lipinski definition) is 3. The molecule has 1 aliphatic rings. The Morgan fingerprint density at radius 2 is 2.15 bits per heavy atom. The van der Waals surface area contributed by atoms with Gasteiger partial charge >= 0.3 is 0 Å². The number of primary amides is 1. The summed E-state index contributed by atoms with van der Waals surface area (Å²) >= 11 is 0. The van der Waals surface area contributed by atoms with Gasteiger partial charge in [0.1, 0.15) is 17.0 Å². The van der Waals surface area contributed by atoms with E-state index in [0.717, 1.165) is 28.0 Å². The molecule has 0 atom stereocenters. The summed E-state index contributed by atoms with van der Waals surface area (Å²) in [5, 5.41) is 8.78. The zero-order chi connectivity index (χ0) is 18.4. The lowest BCUT2D eigenvalue weighted by molar-refractivity contribution is 0.100. The molecule has 0 bridgehead atoms. The quantitative estimate of drug-likeness (QED) is 0.517. The summed E-state index contributed by atoms with van der Waals surface area (Å²) in [5.74, 6) is 0.315. The van der Waals surface area contributed by atoms with Gasteiger partial charge < -0.3 is 16.0 Å². The van der Waals surface area contributed by atoms with E-state index in [1.807, 2.05) is 18.5 Å². The van der Waals surface area contributed by atoms with Crippen LogP contribution in [0.15, 0.2) is 36.9 Å². The second-order valence-corrected chi connectivity index (χ2v) is 6.95. The van der Waals surface area contributed by atoms with Crippen LogP contribution in [-0.2, 0) is 0 Å². The summed E-state index contributed by atoms with van der Waals surface area (Å²) in [7, 11) is 0. The number of carbonyl (C=O) groups excluding carboxylic acids is 1. The number of H-pyrrole nitrogens is 1. The largest absolute Gasteiger partial charge is 0.367 e. The van der Waals surface area contributed by atoms with Gasteiger partial charge in [-0.25, -0.2) is 14.5 Å². The maximum absolute atomic E-state index is 11.5. The standard InChI is InChI=1S/C19H19N7O/c20-17(27)15-9-23-26-10-11(8-22-19(15)26)14-7-16(24-12-3-1-2-4-12)25-18-13(14)5-6-21-18/h5-10,12H,1-4H2,(H2,20,27)(H2,21,24,25). The molecule has 27 heavy (non-hydrogen) atoms. The number of amides is 1. The number of rotatable bonds is 4. The minimum Gasteiger partial charge on any atom is -0.367 e. The minimum absolute atomic E-state index is 0.312. The van der Waals surface area contributed by atoms with Crippen LogP contribution in [0.1, 0.15) is 36.0 Å². The number of pyridine rings is 1. The highest BCUT2D eigenvalue weighted by Crippen LogP contribution is 2.31. The Balaban J connectivity index is 1.61. The summed E-state index contributed by atoms with van der Waals surface area (Å²) in [6.07, 6.45) is 11.8. The van der Waals surface area contributed by atoms with Crippen LogP contribution in [0, 0.1) is 0 Å². The molecular weight excluding hydrogens is 342 g/mol. The van der Waals surface area contributed by atoms with Crippen molar-refractivity contribution in [3.05, 3.63) is 42.5 Å². The highest BCUT2D eigenvalue weighted by atomic mass is 16.1. The first-order valence-corrected chi connectivity index (χ1v) is 9.07. The lowest BCUT2D eigenvalue weighted by atomic mass is 10.1. The second kappa shape index (κ2) is 6.08. The van der Waals surface area contributed by atoms with E-state index in [1.165, 1.54) is 31.9 Å². The van der Waals surface area contributed by atoms with Crippen molar-refractivity contribution in [3.63, 3.8) is 0 Å². The number of nitrogens with two attached hydrogens (primary N) is 1. The Hall–Kier alpha value is -3.42.